The fourth-order valence-electron chi connectivity index (χ4n) is 1.54. The lowest BCUT2D eigenvalue weighted by Gasteiger charge is -2.20. The lowest BCUT2D eigenvalue weighted by molar-refractivity contribution is -0.137. The van der Waals surface area contributed by atoms with Gasteiger partial charge in [0.15, 0.2) is 0 Å². The Labute approximate surface area is 126 Å². The van der Waals surface area contributed by atoms with Crippen LogP contribution < -0.4 is 10.9 Å². The molecule has 0 heterocycles. The number of aliphatic hydroxyl groups excluding tert-OH is 1. The standard InChI is InChI=1S/C14H19F3N2O3/c1-13(2,3)22-12(21)19-18-8-11(20)9-4-6-10(7-5-9)14(15,16)17/h4-7,11,18,20H,8H2,1-3H3,(H,19,21). The molecule has 1 aromatic carbocycles. The summed E-state index contributed by atoms with van der Waals surface area (Å²) in [6.07, 6.45) is -6.20. The van der Waals surface area contributed by atoms with Crippen molar-refractivity contribution < 1.29 is 27.8 Å². The minimum atomic E-state index is -4.42. The highest BCUT2D eigenvalue weighted by Crippen LogP contribution is 2.29. The van der Waals surface area contributed by atoms with Gasteiger partial charge in [-0.05, 0) is 38.5 Å². The lowest BCUT2D eigenvalue weighted by atomic mass is 10.1. The van der Waals surface area contributed by atoms with E-state index in [0.29, 0.717) is 5.56 Å². The van der Waals surface area contributed by atoms with Crippen LogP contribution >= 0.6 is 0 Å². The van der Waals surface area contributed by atoms with Gasteiger partial charge < -0.3 is 9.84 Å². The van der Waals surface area contributed by atoms with E-state index in [1.54, 1.807) is 20.8 Å². The molecule has 0 spiro atoms. The Hall–Kier alpha value is -1.80. The van der Waals surface area contributed by atoms with E-state index in [9.17, 15) is 23.1 Å². The highest BCUT2D eigenvalue weighted by molar-refractivity contribution is 5.66. The first kappa shape index (κ1) is 18.2. The van der Waals surface area contributed by atoms with Gasteiger partial charge in [0.25, 0.3) is 0 Å². The molecule has 124 valence electrons. The van der Waals surface area contributed by atoms with E-state index >= 15 is 0 Å². The highest BCUT2D eigenvalue weighted by atomic mass is 19.4. The zero-order valence-corrected chi connectivity index (χ0v) is 12.5. The van der Waals surface area contributed by atoms with Crippen LogP contribution in [0, 0.1) is 0 Å². The van der Waals surface area contributed by atoms with E-state index in [-0.39, 0.29) is 6.54 Å². The van der Waals surface area contributed by atoms with Gasteiger partial charge in [0.05, 0.1) is 11.7 Å². The van der Waals surface area contributed by atoms with Crippen molar-refractivity contribution in [2.45, 2.75) is 38.7 Å². The first-order valence-electron chi connectivity index (χ1n) is 6.56. The number of benzene rings is 1. The van der Waals surface area contributed by atoms with Crippen LogP contribution in [-0.2, 0) is 10.9 Å². The average Bonchev–Trinajstić information content (AvgIpc) is 2.35. The lowest BCUT2D eigenvalue weighted by Crippen LogP contribution is -2.42. The molecule has 22 heavy (non-hydrogen) atoms. The van der Waals surface area contributed by atoms with Gasteiger partial charge in [-0.3, -0.25) is 5.43 Å². The van der Waals surface area contributed by atoms with Gasteiger partial charge in [-0.15, -0.1) is 0 Å². The first-order chi connectivity index (χ1) is 9.99. The fraction of sp³-hybridized carbons (Fsp3) is 0.500. The molecule has 5 nitrogen and oxygen atoms in total. The third kappa shape index (κ3) is 6.31. The summed E-state index contributed by atoms with van der Waals surface area (Å²) in [7, 11) is 0. The van der Waals surface area contributed by atoms with Crippen molar-refractivity contribution in [3.8, 4) is 0 Å². The van der Waals surface area contributed by atoms with Crippen molar-refractivity contribution in [1.29, 1.82) is 0 Å². The molecule has 1 atom stereocenters. The Balaban J connectivity index is 2.46. The highest BCUT2D eigenvalue weighted by Gasteiger charge is 2.30. The fourth-order valence-corrected chi connectivity index (χ4v) is 1.54. The average molecular weight is 320 g/mol. The van der Waals surface area contributed by atoms with Gasteiger partial charge in [-0.1, -0.05) is 12.1 Å². The molecule has 0 aliphatic carbocycles. The number of hydrogen-bond donors (Lipinski definition) is 3. The topological polar surface area (TPSA) is 70.6 Å². The number of hydrogen-bond acceptors (Lipinski definition) is 4. The molecular formula is C14H19F3N2O3. The van der Waals surface area contributed by atoms with Crippen molar-refractivity contribution in [1.82, 2.24) is 10.9 Å². The van der Waals surface area contributed by atoms with Crippen molar-refractivity contribution in [2.75, 3.05) is 6.54 Å². The maximum atomic E-state index is 12.4. The minimum Gasteiger partial charge on any atom is -0.443 e. The van der Waals surface area contributed by atoms with E-state index in [0.717, 1.165) is 12.1 Å². The Morgan fingerprint density at radius 1 is 1.23 bits per heavy atom. The van der Waals surface area contributed by atoms with Crippen LogP contribution in [0.4, 0.5) is 18.0 Å². The van der Waals surface area contributed by atoms with E-state index in [2.05, 4.69) is 10.9 Å². The second-order valence-electron chi connectivity index (χ2n) is 5.64. The van der Waals surface area contributed by atoms with E-state index in [4.69, 9.17) is 4.74 Å². The van der Waals surface area contributed by atoms with Crippen LogP contribution in [0.3, 0.4) is 0 Å². The summed E-state index contributed by atoms with van der Waals surface area (Å²) in [5.41, 5.74) is 3.53. The molecular weight excluding hydrogens is 301 g/mol. The van der Waals surface area contributed by atoms with E-state index < -0.39 is 29.5 Å². The minimum absolute atomic E-state index is 0.0788. The summed E-state index contributed by atoms with van der Waals surface area (Å²) in [5.74, 6) is 0. The quantitative estimate of drug-likeness (QED) is 0.746. The zero-order valence-electron chi connectivity index (χ0n) is 12.5. The van der Waals surface area contributed by atoms with Crippen LogP contribution in [-0.4, -0.2) is 23.3 Å². The molecule has 0 radical (unpaired) electrons. The third-order valence-corrected chi connectivity index (χ3v) is 2.51. The number of carbonyl (C=O) groups excluding carboxylic acids is 1. The summed E-state index contributed by atoms with van der Waals surface area (Å²) < 4.78 is 42.2. The van der Waals surface area contributed by atoms with Gasteiger partial charge in [0, 0.05) is 6.54 Å². The molecule has 0 saturated heterocycles. The monoisotopic (exact) mass is 320 g/mol. The largest absolute Gasteiger partial charge is 0.443 e. The Kier molecular flexibility index (Phi) is 5.78. The van der Waals surface area contributed by atoms with Gasteiger partial charge >= 0.3 is 12.3 Å². The first-order valence-corrected chi connectivity index (χ1v) is 6.56. The van der Waals surface area contributed by atoms with Crippen LogP contribution in [0.15, 0.2) is 24.3 Å². The number of halogens is 3. The zero-order chi connectivity index (χ0) is 17.0. The number of carbonyl (C=O) groups is 1. The molecule has 0 bridgehead atoms. The molecule has 0 saturated carbocycles. The third-order valence-electron chi connectivity index (χ3n) is 2.51. The Bertz CT molecular complexity index is 496. The van der Waals surface area contributed by atoms with Crippen LogP contribution in [0.2, 0.25) is 0 Å². The molecule has 0 fully saturated rings. The number of amides is 1. The Morgan fingerprint density at radius 2 is 1.77 bits per heavy atom. The number of aliphatic hydroxyl groups is 1. The second-order valence-corrected chi connectivity index (χ2v) is 5.64. The molecule has 1 aromatic rings. The predicted octanol–water partition coefficient (Wildman–Crippen LogP) is 2.77. The molecule has 1 amide bonds. The smallest absolute Gasteiger partial charge is 0.422 e. The SMILES string of the molecule is CC(C)(C)OC(=O)NNCC(O)c1ccc(C(F)(F)F)cc1. The Morgan fingerprint density at radius 3 is 2.23 bits per heavy atom. The van der Waals surface area contributed by atoms with Crippen LogP contribution in [0.25, 0.3) is 0 Å². The molecule has 3 N–H and O–H groups in total. The molecule has 1 rings (SSSR count). The summed E-state index contributed by atoms with van der Waals surface area (Å²) in [6.45, 7) is 5.02. The summed E-state index contributed by atoms with van der Waals surface area (Å²) >= 11 is 0. The molecule has 0 aliphatic rings. The second kappa shape index (κ2) is 6.97. The summed E-state index contributed by atoms with van der Waals surface area (Å²) in [4.78, 5) is 11.3. The molecule has 8 heteroatoms. The van der Waals surface area contributed by atoms with E-state index in [1.807, 2.05) is 0 Å². The number of ether oxygens (including phenoxy) is 1. The van der Waals surface area contributed by atoms with Gasteiger partial charge in [-0.2, -0.15) is 13.2 Å². The van der Waals surface area contributed by atoms with E-state index in [1.165, 1.54) is 12.1 Å². The maximum Gasteiger partial charge on any atom is 0.422 e. The summed E-state index contributed by atoms with van der Waals surface area (Å²) in [5, 5.41) is 9.82. The molecule has 0 aliphatic heterocycles. The van der Waals surface area contributed by atoms with Crippen molar-refractivity contribution in [3.63, 3.8) is 0 Å². The number of nitrogens with one attached hydrogen (secondary N) is 2. The number of hydrazine groups is 1. The summed E-state index contributed by atoms with van der Waals surface area (Å²) in [6, 6.07) is 4.14. The molecule has 0 aromatic heterocycles. The van der Waals surface area contributed by atoms with Gasteiger partial charge in [0.1, 0.15) is 5.60 Å². The number of alkyl halides is 3. The van der Waals surface area contributed by atoms with Gasteiger partial charge in [0.2, 0.25) is 0 Å². The van der Waals surface area contributed by atoms with Gasteiger partial charge in [-0.25, -0.2) is 10.2 Å². The predicted molar refractivity (Wildman–Crippen MR) is 73.8 cm³/mol. The van der Waals surface area contributed by atoms with Crippen molar-refractivity contribution >= 4 is 6.09 Å². The maximum absolute atomic E-state index is 12.4. The number of rotatable bonds is 4. The normalized spacial score (nSPS) is 13.6. The molecule has 1 unspecified atom stereocenters. The van der Waals surface area contributed by atoms with Crippen LogP contribution in [0.5, 0.6) is 0 Å². The van der Waals surface area contributed by atoms with Crippen molar-refractivity contribution in [3.05, 3.63) is 35.4 Å². The van der Waals surface area contributed by atoms with Crippen LogP contribution in [0.1, 0.15) is 38.0 Å². The van der Waals surface area contributed by atoms with Crippen molar-refractivity contribution in [2.24, 2.45) is 0 Å².